The van der Waals surface area contributed by atoms with E-state index in [9.17, 15) is 5.11 Å². The molecule has 0 saturated heterocycles. The Morgan fingerprint density at radius 3 is 2.58 bits per heavy atom. The Kier molecular flexibility index (Phi) is 4.53. The number of ether oxygens (including phenoxy) is 1. The predicted molar refractivity (Wildman–Crippen MR) is 70.8 cm³/mol. The molecule has 2 rings (SSSR count). The molecule has 0 bridgehead atoms. The van der Waals surface area contributed by atoms with Crippen molar-refractivity contribution in [1.29, 1.82) is 5.26 Å². The van der Waals surface area contributed by atoms with E-state index in [1.54, 1.807) is 36.4 Å². The highest BCUT2D eigenvalue weighted by molar-refractivity contribution is 6.31. The van der Waals surface area contributed by atoms with Crippen LogP contribution in [0.2, 0.25) is 5.02 Å². The molecule has 0 spiro atoms. The van der Waals surface area contributed by atoms with Crippen LogP contribution in [0.5, 0.6) is 0 Å². The highest BCUT2D eigenvalue weighted by Gasteiger charge is 2.14. The summed E-state index contributed by atoms with van der Waals surface area (Å²) in [7, 11) is 0. The Morgan fingerprint density at radius 2 is 1.84 bits per heavy atom. The Bertz CT molecular complexity index is 607. The number of benzene rings is 2. The Morgan fingerprint density at radius 1 is 1.16 bits per heavy atom. The Hall–Kier alpha value is -1.86. The average Bonchev–Trinajstić information content (AvgIpc) is 2.46. The summed E-state index contributed by atoms with van der Waals surface area (Å²) in [5.41, 5.74) is 1.43. The number of nitriles is 1. The quantitative estimate of drug-likeness (QED) is 0.794. The van der Waals surface area contributed by atoms with Crippen LogP contribution in [-0.4, -0.2) is 0 Å². The Balaban J connectivity index is 2.08. The summed E-state index contributed by atoms with van der Waals surface area (Å²) in [6.07, 6.45) is -1.40. The largest absolute Gasteiger partial charge is 0.341 e. The van der Waals surface area contributed by atoms with Gasteiger partial charge in [-0.3, -0.25) is 0 Å². The second kappa shape index (κ2) is 6.35. The van der Waals surface area contributed by atoms with Crippen molar-refractivity contribution in [3.63, 3.8) is 0 Å². The molecule has 1 atom stereocenters. The van der Waals surface area contributed by atoms with Crippen molar-refractivity contribution in [2.45, 2.75) is 12.9 Å². The van der Waals surface area contributed by atoms with Gasteiger partial charge in [0.25, 0.3) is 0 Å². The molecular weight excluding hydrogens is 262 g/mol. The molecule has 2 aromatic carbocycles. The van der Waals surface area contributed by atoms with E-state index in [0.29, 0.717) is 16.1 Å². The SMILES string of the molecule is N#Cc1ccccc1C([O])OCc1ccccc1Cl. The number of hydrogen-bond acceptors (Lipinski definition) is 2. The molecule has 0 amide bonds. The lowest BCUT2D eigenvalue weighted by Crippen LogP contribution is -2.04. The number of hydrogen-bond donors (Lipinski definition) is 0. The first-order chi connectivity index (χ1) is 9.22. The molecule has 19 heavy (non-hydrogen) atoms. The molecule has 1 unspecified atom stereocenters. The zero-order chi connectivity index (χ0) is 13.7. The first-order valence-electron chi connectivity index (χ1n) is 5.72. The summed E-state index contributed by atoms with van der Waals surface area (Å²) in [5.74, 6) is 0. The van der Waals surface area contributed by atoms with E-state index in [1.807, 2.05) is 18.2 Å². The third-order valence-electron chi connectivity index (χ3n) is 2.68. The maximum absolute atomic E-state index is 12.0. The molecule has 2 aromatic rings. The van der Waals surface area contributed by atoms with Crippen molar-refractivity contribution in [3.8, 4) is 6.07 Å². The van der Waals surface area contributed by atoms with Gasteiger partial charge in [-0.15, -0.1) is 0 Å². The van der Waals surface area contributed by atoms with Crippen LogP contribution in [0.4, 0.5) is 0 Å². The van der Waals surface area contributed by atoms with Gasteiger partial charge in [-0.25, -0.2) is 0 Å². The van der Waals surface area contributed by atoms with Gasteiger partial charge in [-0.1, -0.05) is 48.0 Å². The van der Waals surface area contributed by atoms with E-state index < -0.39 is 6.29 Å². The maximum Gasteiger partial charge on any atom is 0.219 e. The summed E-state index contributed by atoms with van der Waals surface area (Å²) in [5, 5.41) is 21.5. The van der Waals surface area contributed by atoms with E-state index in [0.717, 1.165) is 5.56 Å². The average molecular weight is 273 g/mol. The molecule has 0 N–H and O–H groups in total. The van der Waals surface area contributed by atoms with Crippen molar-refractivity contribution < 1.29 is 9.84 Å². The van der Waals surface area contributed by atoms with Gasteiger partial charge in [0, 0.05) is 10.6 Å². The maximum atomic E-state index is 12.0. The smallest absolute Gasteiger partial charge is 0.219 e. The number of rotatable bonds is 4. The van der Waals surface area contributed by atoms with Crippen LogP contribution in [0.1, 0.15) is 23.0 Å². The van der Waals surface area contributed by atoms with E-state index in [4.69, 9.17) is 21.6 Å². The molecule has 0 aliphatic rings. The minimum atomic E-state index is -1.40. The van der Waals surface area contributed by atoms with Crippen molar-refractivity contribution in [2.24, 2.45) is 0 Å². The van der Waals surface area contributed by atoms with Crippen molar-refractivity contribution in [3.05, 3.63) is 70.2 Å². The standard InChI is InChI=1S/C15H11ClNO2/c16-14-8-4-2-6-12(14)10-19-15(18)13-7-3-1-5-11(13)9-17/h1-8,15H,10H2. The van der Waals surface area contributed by atoms with Gasteiger partial charge in [0.1, 0.15) is 0 Å². The van der Waals surface area contributed by atoms with Gasteiger partial charge in [0.15, 0.2) is 0 Å². The monoisotopic (exact) mass is 272 g/mol. The highest BCUT2D eigenvalue weighted by atomic mass is 35.5. The molecule has 4 heteroatoms. The van der Waals surface area contributed by atoms with Crippen LogP contribution in [0.15, 0.2) is 48.5 Å². The molecular formula is C15H11ClNO2. The summed E-state index contributed by atoms with van der Waals surface area (Å²) in [6.45, 7) is 0.119. The minimum absolute atomic E-state index is 0.119. The lowest BCUT2D eigenvalue weighted by atomic mass is 10.1. The first kappa shape index (κ1) is 13.6. The molecule has 0 saturated carbocycles. The zero-order valence-corrected chi connectivity index (χ0v) is 10.8. The third kappa shape index (κ3) is 3.33. The summed E-state index contributed by atoms with van der Waals surface area (Å²) in [4.78, 5) is 0. The fourth-order valence-electron chi connectivity index (χ4n) is 1.68. The van der Waals surface area contributed by atoms with E-state index >= 15 is 0 Å². The van der Waals surface area contributed by atoms with Crippen LogP contribution < -0.4 is 0 Å². The van der Waals surface area contributed by atoms with Gasteiger partial charge in [0.05, 0.1) is 18.2 Å². The normalized spacial score (nSPS) is 11.8. The van der Waals surface area contributed by atoms with Crippen molar-refractivity contribution in [1.82, 2.24) is 0 Å². The van der Waals surface area contributed by atoms with Gasteiger partial charge >= 0.3 is 0 Å². The molecule has 0 fully saturated rings. The summed E-state index contributed by atoms with van der Waals surface area (Å²) >= 11 is 5.98. The van der Waals surface area contributed by atoms with E-state index in [-0.39, 0.29) is 6.61 Å². The van der Waals surface area contributed by atoms with Crippen LogP contribution in [-0.2, 0) is 16.5 Å². The molecule has 95 valence electrons. The minimum Gasteiger partial charge on any atom is -0.341 e. The van der Waals surface area contributed by atoms with E-state index in [2.05, 4.69) is 0 Å². The van der Waals surface area contributed by atoms with Crippen LogP contribution >= 0.6 is 11.6 Å². The molecule has 0 aromatic heterocycles. The van der Waals surface area contributed by atoms with Gasteiger partial charge in [0.2, 0.25) is 6.29 Å². The number of nitrogens with zero attached hydrogens (tertiary/aromatic N) is 1. The molecule has 1 radical (unpaired) electrons. The van der Waals surface area contributed by atoms with Gasteiger partial charge in [-0.2, -0.15) is 10.4 Å². The lowest BCUT2D eigenvalue weighted by Gasteiger charge is -2.12. The topological polar surface area (TPSA) is 52.9 Å². The van der Waals surface area contributed by atoms with E-state index in [1.165, 1.54) is 0 Å². The zero-order valence-electron chi connectivity index (χ0n) is 10.0. The fourth-order valence-corrected chi connectivity index (χ4v) is 1.87. The van der Waals surface area contributed by atoms with Crippen LogP contribution in [0.25, 0.3) is 0 Å². The summed E-state index contributed by atoms with van der Waals surface area (Å²) < 4.78 is 5.25. The molecule has 0 heterocycles. The second-order valence-corrected chi connectivity index (χ2v) is 4.34. The molecule has 3 nitrogen and oxygen atoms in total. The molecule has 0 aliphatic carbocycles. The number of halogens is 1. The Labute approximate surface area is 116 Å². The fraction of sp³-hybridized carbons (Fsp3) is 0.133. The van der Waals surface area contributed by atoms with Crippen LogP contribution in [0, 0.1) is 11.3 Å². The van der Waals surface area contributed by atoms with Gasteiger partial charge in [-0.05, 0) is 17.7 Å². The highest BCUT2D eigenvalue weighted by Crippen LogP contribution is 2.22. The third-order valence-corrected chi connectivity index (χ3v) is 3.05. The van der Waals surface area contributed by atoms with Crippen molar-refractivity contribution in [2.75, 3.05) is 0 Å². The first-order valence-corrected chi connectivity index (χ1v) is 6.10. The predicted octanol–water partition coefficient (Wildman–Crippen LogP) is 3.86. The van der Waals surface area contributed by atoms with Gasteiger partial charge < -0.3 is 4.74 Å². The lowest BCUT2D eigenvalue weighted by molar-refractivity contribution is -0.152. The molecule has 0 aliphatic heterocycles. The van der Waals surface area contributed by atoms with Crippen LogP contribution in [0.3, 0.4) is 0 Å². The second-order valence-electron chi connectivity index (χ2n) is 3.93. The van der Waals surface area contributed by atoms with Crippen molar-refractivity contribution >= 4 is 11.6 Å². The summed E-state index contributed by atoms with van der Waals surface area (Å²) in [6, 6.07) is 15.8.